The van der Waals surface area contributed by atoms with Crippen molar-refractivity contribution in [2.75, 3.05) is 20.8 Å². The average Bonchev–Trinajstić information content (AvgIpc) is 3.20. The topological polar surface area (TPSA) is 116 Å². The summed E-state index contributed by atoms with van der Waals surface area (Å²) in [6.45, 7) is 1.40. The van der Waals surface area contributed by atoms with E-state index in [1.807, 2.05) is 37.3 Å². The number of carboxylic acids is 1. The standard InChI is InChI=1S/C26H24N2O7S/c1-4-17-22(25(32)34-3)23(16-8-6-5-7-9-16)28-24(31)20(36-26(28)27-17)13-15-10-11-18(19(12-15)33-2)35-14-21(29)30/h5-13,23H,4,14H2,1-3H3,(H,29,30)/b20-13-/t23-/m0/s1. The van der Waals surface area contributed by atoms with Gasteiger partial charge in [0.25, 0.3) is 5.56 Å². The number of carbonyl (C=O) groups excluding carboxylic acids is 1. The van der Waals surface area contributed by atoms with Crippen molar-refractivity contribution < 1.29 is 28.9 Å². The zero-order chi connectivity index (χ0) is 25.8. The number of rotatable bonds is 8. The minimum absolute atomic E-state index is 0.276. The Hall–Kier alpha value is -4.18. The molecule has 1 atom stereocenters. The summed E-state index contributed by atoms with van der Waals surface area (Å²) in [5.41, 5.74) is 2.04. The van der Waals surface area contributed by atoms with Crippen LogP contribution in [0.25, 0.3) is 6.08 Å². The number of hydrogen-bond acceptors (Lipinski definition) is 8. The van der Waals surface area contributed by atoms with E-state index in [0.29, 0.717) is 38.3 Å². The lowest BCUT2D eigenvalue weighted by molar-refractivity contribution is -0.139. The highest BCUT2D eigenvalue weighted by atomic mass is 32.1. The van der Waals surface area contributed by atoms with Crippen LogP contribution in [0.3, 0.4) is 0 Å². The van der Waals surface area contributed by atoms with Crippen molar-refractivity contribution in [3.05, 3.63) is 90.6 Å². The van der Waals surface area contributed by atoms with E-state index in [0.717, 1.165) is 5.56 Å². The SMILES string of the molecule is CCC1=C(C(=O)OC)[C@H](c2ccccc2)n2c(s/c(=C\c3ccc(OCC(=O)O)c(OC)c3)c2=O)=N1. The Morgan fingerprint density at radius 2 is 1.89 bits per heavy atom. The number of esters is 1. The molecule has 0 radical (unpaired) electrons. The van der Waals surface area contributed by atoms with E-state index in [-0.39, 0.29) is 11.3 Å². The summed E-state index contributed by atoms with van der Waals surface area (Å²) in [6.07, 6.45) is 2.19. The largest absolute Gasteiger partial charge is 0.493 e. The highest BCUT2D eigenvalue weighted by Gasteiger charge is 2.33. The number of nitrogens with zero attached hydrogens (tertiary/aromatic N) is 2. The Kier molecular flexibility index (Phi) is 7.35. The molecule has 9 nitrogen and oxygen atoms in total. The highest BCUT2D eigenvalue weighted by Crippen LogP contribution is 2.32. The monoisotopic (exact) mass is 508 g/mol. The van der Waals surface area contributed by atoms with E-state index < -0.39 is 24.6 Å². The molecule has 0 spiro atoms. The summed E-state index contributed by atoms with van der Waals surface area (Å²) in [4.78, 5) is 42.4. The lowest BCUT2D eigenvalue weighted by atomic mass is 9.95. The number of aromatic nitrogens is 1. The molecule has 0 amide bonds. The number of allylic oxidation sites excluding steroid dienone is 1. The molecular weight excluding hydrogens is 484 g/mol. The average molecular weight is 509 g/mol. The molecule has 0 unspecified atom stereocenters. The van der Waals surface area contributed by atoms with Crippen LogP contribution in [0.1, 0.15) is 30.5 Å². The lowest BCUT2D eigenvalue weighted by Gasteiger charge is -2.25. The van der Waals surface area contributed by atoms with Gasteiger partial charge in [-0.3, -0.25) is 9.36 Å². The first-order chi connectivity index (χ1) is 17.4. The second kappa shape index (κ2) is 10.6. The van der Waals surface area contributed by atoms with Crippen LogP contribution in [0.5, 0.6) is 11.5 Å². The molecule has 0 saturated heterocycles. The molecule has 3 aromatic rings. The van der Waals surface area contributed by atoms with Gasteiger partial charge in [0.05, 0.1) is 36.1 Å². The molecule has 1 aromatic heterocycles. The predicted molar refractivity (Wildman–Crippen MR) is 133 cm³/mol. The smallest absolute Gasteiger partial charge is 0.341 e. The first-order valence-corrected chi connectivity index (χ1v) is 11.9. The number of carboxylic acid groups (broad SMARTS) is 1. The molecule has 186 valence electrons. The van der Waals surface area contributed by atoms with Gasteiger partial charge in [-0.2, -0.15) is 0 Å². The van der Waals surface area contributed by atoms with Crippen LogP contribution in [0, 0.1) is 0 Å². The number of aliphatic carboxylic acids is 1. The van der Waals surface area contributed by atoms with Crippen molar-refractivity contribution in [1.82, 2.24) is 4.57 Å². The summed E-state index contributed by atoms with van der Waals surface area (Å²) >= 11 is 1.22. The summed E-state index contributed by atoms with van der Waals surface area (Å²) in [6, 6.07) is 13.6. The van der Waals surface area contributed by atoms with Crippen molar-refractivity contribution in [3.63, 3.8) is 0 Å². The molecule has 36 heavy (non-hydrogen) atoms. The molecule has 4 rings (SSSR count). The summed E-state index contributed by atoms with van der Waals surface area (Å²) in [7, 11) is 2.76. The van der Waals surface area contributed by atoms with E-state index in [1.165, 1.54) is 30.1 Å². The van der Waals surface area contributed by atoms with Crippen molar-refractivity contribution >= 4 is 29.4 Å². The molecule has 0 bridgehead atoms. The molecule has 0 aliphatic carbocycles. The third-order valence-corrected chi connectivity index (χ3v) is 6.59. The van der Waals surface area contributed by atoms with Crippen LogP contribution in [-0.2, 0) is 14.3 Å². The Morgan fingerprint density at radius 1 is 1.14 bits per heavy atom. The van der Waals surface area contributed by atoms with Crippen molar-refractivity contribution in [3.8, 4) is 11.5 Å². The summed E-state index contributed by atoms with van der Waals surface area (Å²) < 4.78 is 17.6. The number of ether oxygens (including phenoxy) is 3. The van der Waals surface area contributed by atoms with Gasteiger partial charge in [-0.25, -0.2) is 14.6 Å². The Balaban J connectivity index is 1.87. The molecule has 0 saturated carbocycles. The maximum atomic E-state index is 13.6. The fourth-order valence-electron chi connectivity index (χ4n) is 4.00. The van der Waals surface area contributed by atoms with Crippen LogP contribution < -0.4 is 24.4 Å². The first-order valence-electron chi connectivity index (χ1n) is 11.1. The van der Waals surface area contributed by atoms with Crippen LogP contribution in [0.2, 0.25) is 0 Å². The van der Waals surface area contributed by atoms with Gasteiger partial charge in [0.15, 0.2) is 22.9 Å². The Morgan fingerprint density at radius 3 is 2.53 bits per heavy atom. The second-order valence-electron chi connectivity index (χ2n) is 7.79. The van der Waals surface area contributed by atoms with Crippen LogP contribution in [-0.4, -0.2) is 42.4 Å². The molecule has 2 aromatic carbocycles. The number of fused-ring (bicyclic) bond motifs is 1. The number of benzene rings is 2. The fraction of sp³-hybridized carbons (Fsp3) is 0.231. The van der Waals surface area contributed by atoms with Gasteiger partial charge in [-0.15, -0.1) is 0 Å². The predicted octanol–water partition coefficient (Wildman–Crippen LogP) is 2.27. The highest BCUT2D eigenvalue weighted by molar-refractivity contribution is 7.07. The van der Waals surface area contributed by atoms with Crippen LogP contribution in [0.4, 0.5) is 0 Å². The van der Waals surface area contributed by atoms with Crippen molar-refractivity contribution in [1.29, 1.82) is 0 Å². The minimum atomic E-state index is -1.10. The van der Waals surface area contributed by atoms with Gasteiger partial charge in [0.1, 0.15) is 0 Å². The molecule has 2 heterocycles. The van der Waals surface area contributed by atoms with Gasteiger partial charge >= 0.3 is 11.9 Å². The van der Waals surface area contributed by atoms with Gasteiger partial charge < -0.3 is 19.3 Å². The van der Waals surface area contributed by atoms with Gasteiger partial charge in [-0.05, 0) is 35.8 Å². The molecule has 1 aliphatic rings. The maximum absolute atomic E-state index is 13.6. The summed E-state index contributed by atoms with van der Waals surface area (Å²) in [5, 5.41) is 8.86. The van der Waals surface area contributed by atoms with E-state index in [2.05, 4.69) is 4.99 Å². The maximum Gasteiger partial charge on any atom is 0.341 e. The fourth-order valence-corrected chi connectivity index (χ4v) is 5.02. The van der Waals surface area contributed by atoms with Gasteiger partial charge in [0, 0.05) is 0 Å². The quantitative estimate of drug-likeness (QED) is 0.464. The van der Waals surface area contributed by atoms with E-state index >= 15 is 0 Å². The van der Waals surface area contributed by atoms with Crippen LogP contribution in [0.15, 0.2) is 69.6 Å². The number of carbonyl (C=O) groups is 2. The number of methoxy groups -OCH3 is 2. The van der Waals surface area contributed by atoms with Crippen molar-refractivity contribution in [2.45, 2.75) is 19.4 Å². The summed E-state index contributed by atoms with van der Waals surface area (Å²) in [5.74, 6) is -1.02. The van der Waals surface area contributed by atoms with E-state index in [1.54, 1.807) is 24.3 Å². The molecule has 1 N–H and O–H groups in total. The Labute approximate surface area is 210 Å². The lowest BCUT2D eigenvalue weighted by Crippen LogP contribution is -2.40. The van der Waals surface area contributed by atoms with Crippen LogP contribution >= 0.6 is 11.3 Å². The van der Waals surface area contributed by atoms with E-state index in [9.17, 15) is 14.4 Å². The number of thiazole rings is 1. The van der Waals surface area contributed by atoms with Gasteiger partial charge in [0.2, 0.25) is 0 Å². The molecule has 1 aliphatic heterocycles. The van der Waals surface area contributed by atoms with Crippen molar-refractivity contribution in [2.24, 2.45) is 4.99 Å². The third kappa shape index (κ3) is 4.80. The molecule has 10 heteroatoms. The molecule has 0 fully saturated rings. The third-order valence-electron chi connectivity index (χ3n) is 5.60. The Bertz CT molecular complexity index is 1520. The zero-order valence-electron chi connectivity index (χ0n) is 19.9. The minimum Gasteiger partial charge on any atom is -0.493 e. The zero-order valence-corrected chi connectivity index (χ0v) is 20.7. The first kappa shape index (κ1) is 24.9. The number of hydrogen-bond donors (Lipinski definition) is 1. The van der Waals surface area contributed by atoms with Gasteiger partial charge in [-0.1, -0.05) is 54.7 Å². The molecular formula is C26H24N2O7S. The normalized spacial score (nSPS) is 15.2. The second-order valence-corrected chi connectivity index (χ2v) is 8.80. The van der Waals surface area contributed by atoms with E-state index in [4.69, 9.17) is 19.3 Å².